The van der Waals surface area contributed by atoms with Crippen LogP contribution in [-0.4, -0.2) is 49.7 Å². The Morgan fingerprint density at radius 3 is 2.29 bits per heavy atom. The zero-order chi connectivity index (χ0) is 15.3. The maximum Gasteiger partial charge on any atom is 0.324 e. The van der Waals surface area contributed by atoms with E-state index in [1.165, 1.54) is 52.1 Å². The molecule has 2 aliphatic rings. The van der Waals surface area contributed by atoms with Crippen LogP contribution in [0.25, 0.3) is 0 Å². The van der Waals surface area contributed by atoms with Gasteiger partial charge in [-0.25, -0.2) is 0 Å². The number of carbonyl (C=O) groups is 1. The Kier molecular flexibility index (Phi) is 6.06. The van der Waals surface area contributed by atoms with Crippen LogP contribution in [-0.2, 0) is 9.53 Å². The van der Waals surface area contributed by atoms with Crippen molar-refractivity contribution in [1.29, 1.82) is 0 Å². The molecule has 1 atom stereocenters. The highest BCUT2D eigenvalue weighted by molar-refractivity contribution is 5.76. The van der Waals surface area contributed by atoms with Crippen molar-refractivity contribution in [2.75, 3.05) is 26.7 Å². The predicted molar refractivity (Wildman–Crippen MR) is 85.3 cm³/mol. The minimum Gasteiger partial charge on any atom is -0.468 e. The Balaban J connectivity index is 1.84. The summed E-state index contributed by atoms with van der Waals surface area (Å²) in [6.45, 7) is 7.19. The Bertz CT molecular complexity index is 328. The summed E-state index contributed by atoms with van der Waals surface area (Å²) in [7, 11) is 1.48. The summed E-state index contributed by atoms with van der Waals surface area (Å²) < 4.78 is 4.94. The van der Waals surface area contributed by atoms with Gasteiger partial charge < -0.3 is 15.0 Å². The molecule has 0 radical (unpaired) electrons. The van der Waals surface area contributed by atoms with Crippen LogP contribution in [0.5, 0.6) is 0 Å². The zero-order valence-electron chi connectivity index (χ0n) is 14.0. The largest absolute Gasteiger partial charge is 0.468 e. The molecule has 2 fully saturated rings. The normalized spacial score (nSPS) is 24.2. The number of esters is 1. The first-order valence-corrected chi connectivity index (χ1v) is 8.61. The van der Waals surface area contributed by atoms with Crippen molar-refractivity contribution >= 4 is 5.97 Å². The Morgan fingerprint density at radius 2 is 1.76 bits per heavy atom. The molecule has 1 aliphatic heterocycles. The molecule has 2 rings (SSSR count). The van der Waals surface area contributed by atoms with Crippen molar-refractivity contribution in [3.8, 4) is 0 Å². The average molecular weight is 296 g/mol. The van der Waals surface area contributed by atoms with Gasteiger partial charge in [0.15, 0.2) is 0 Å². The van der Waals surface area contributed by atoms with Gasteiger partial charge in [0, 0.05) is 12.6 Å². The topological polar surface area (TPSA) is 41.6 Å². The number of methoxy groups -OCH3 is 1. The van der Waals surface area contributed by atoms with E-state index in [9.17, 15) is 4.79 Å². The molecule has 1 N–H and O–H groups in total. The van der Waals surface area contributed by atoms with Gasteiger partial charge in [-0.15, -0.1) is 0 Å². The second-order valence-electron chi connectivity index (χ2n) is 7.26. The van der Waals surface area contributed by atoms with E-state index in [1.54, 1.807) is 0 Å². The summed E-state index contributed by atoms with van der Waals surface area (Å²) in [6, 6.07) is 0.0963. The molecule has 1 unspecified atom stereocenters. The second kappa shape index (κ2) is 7.59. The van der Waals surface area contributed by atoms with Crippen molar-refractivity contribution in [2.24, 2.45) is 5.41 Å². The fourth-order valence-corrected chi connectivity index (χ4v) is 4.01. The van der Waals surface area contributed by atoms with Gasteiger partial charge in [0.05, 0.1) is 7.11 Å². The van der Waals surface area contributed by atoms with Crippen LogP contribution >= 0.6 is 0 Å². The lowest BCUT2D eigenvalue weighted by Gasteiger charge is -2.45. The Labute approximate surface area is 129 Å². The summed E-state index contributed by atoms with van der Waals surface area (Å²) >= 11 is 0. The molecule has 1 aliphatic carbocycles. The van der Waals surface area contributed by atoms with E-state index < -0.39 is 0 Å². The number of hydrogen-bond acceptors (Lipinski definition) is 4. The van der Waals surface area contributed by atoms with Crippen LogP contribution in [0, 0.1) is 5.41 Å². The van der Waals surface area contributed by atoms with Gasteiger partial charge in [-0.2, -0.15) is 0 Å². The first kappa shape index (κ1) is 16.8. The van der Waals surface area contributed by atoms with Crippen molar-refractivity contribution in [3.05, 3.63) is 0 Å². The monoisotopic (exact) mass is 296 g/mol. The predicted octanol–water partition coefficient (Wildman–Crippen LogP) is 2.57. The second-order valence-corrected chi connectivity index (χ2v) is 7.26. The van der Waals surface area contributed by atoms with Gasteiger partial charge in [0.25, 0.3) is 0 Å². The zero-order valence-corrected chi connectivity index (χ0v) is 14.0. The van der Waals surface area contributed by atoms with Crippen LogP contribution in [0.15, 0.2) is 0 Å². The van der Waals surface area contributed by atoms with Crippen LogP contribution < -0.4 is 5.32 Å². The number of piperidine rings is 1. The van der Waals surface area contributed by atoms with E-state index in [2.05, 4.69) is 24.1 Å². The van der Waals surface area contributed by atoms with Crippen molar-refractivity contribution in [2.45, 2.75) is 70.9 Å². The van der Waals surface area contributed by atoms with E-state index >= 15 is 0 Å². The van der Waals surface area contributed by atoms with E-state index in [-0.39, 0.29) is 12.0 Å². The molecule has 0 aromatic rings. The molecule has 1 saturated carbocycles. The molecule has 122 valence electrons. The molecule has 1 spiro atoms. The summed E-state index contributed by atoms with van der Waals surface area (Å²) in [6.07, 6.45) is 9.72. The van der Waals surface area contributed by atoms with Gasteiger partial charge >= 0.3 is 5.97 Å². The first-order chi connectivity index (χ1) is 10.0. The summed E-state index contributed by atoms with van der Waals surface area (Å²) in [5.74, 6) is -0.137. The van der Waals surface area contributed by atoms with Gasteiger partial charge in [0.2, 0.25) is 0 Å². The molecule has 21 heavy (non-hydrogen) atoms. The van der Waals surface area contributed by atoms with Crippen LogP contribution in [0.3, 0.4) is 0 Å². The molecular formula is C17H32N2O2. The standard InChI is InChI=1S/C17H32N2O2/c1-14(2)18-15(16(20)21-3)13-19-11-9-17(10-12-19)7-5-4-6-8-17/h14-15,18H,4-13H2,1-3H3. The quantitative estimate of drug-likeness (QED) is 0.792. The molecule has 1 heterocycles. The van der Waals surface area contributed by atoms with Gasteiger partial charge in [-0.05, 0) is 44.2 Å². The highest BCUT2D eigenvalue weighted by atomic mass is 16.5. The molecule has 0 aromatic heterocycles. The van der Waals surface area contributed by atoms with Crippen molar-refractivity contribution < 1.29 is 9.53 Å². The number of ether oxygens (including phenoxy) is 1. The number of nitrogens with zero attached hydrogens (tertiary/aromatic N) is 1. The third-order valence-corrected chi connectivity index (χ3v) is 5.29. The van der Waals surface area contributed by atoms with Gasteiger partial charge in [-0.1, -0.05) is 33.1 Å². The minimum atomic E-state index is -0.199. The number of carbonyl (C=O) groups excluding carboxylic acids is 1. The SMILES string of the molecule is COC(=O)C(CN1CCC2(CCCCC2)CC1)NC(C)C. The minimum absolute atomic E-state index is 0.137. The molecule has 0 aromatic carbocycles. The van der Waals surface area contributed by atoms with Crippen molar-refractivity contribution in [1.82, 2.24) is 10.2 Å². The lowest BCUT2D eigenvalue weighted by atomic mass is 9.68. The highest BCUT2D eigenvalue weighted by Gasteiger charge is 2.36. The van der Waals surface area contributed by atoms with E-state index in [4.69, 9.17) is 4.74 Å². The molecule has 0 amide bonds. The Hall–Kier alpha value is -0.610. The summed E-state index contributed by atoms with van der Waals surface area (Å²) in [5, 5.41) is 3.33. The Morgan fingerprint density at radius 1 is 1.14 bits per heavy atom. The maximum absolute atomic E-state index is 11.9. The summed E-state index contributed by atoms with van der Waals surface area (Å²) in [5.41, 5.74) is 0.626. The molecule has 1 saturated heterocycles. The number of likely N-dealkylation sites (tertiary alicyclic amines) is 1. The smallest absolute Gasteiger partial charge is 0.324 e. The lowest BCUT2D eigenvalue weighted by molar-refractivity contribution is -0.144. The summed E-state index contributed by atoms with van der Waals surface area (Å²) in [4.78, 5) is 14.3. The van der Waals surface area contributed by atoms with E-state index in [0.717, 1.165) is 19.6 Å². The molecule has 0 bridgehead atoms. The molecule has 4 nitrogen and oxygen atoms in total. The first-order valence-electron chi connectivity index (χ1n) is 8.61. The maximum atomic E-state index is 11.9. The fourth-order valence-electron chi connectivity index (χ4n) is 4.01. The third kappa shape index (κ3) is 4.68. The number of hydrogen-bond donors (Lipinski definition) is 1. The molecule has 4 heteroatoms. The van der Waals surface area contributed by atoms with Crippen molar-refractivity contribution in [3.63, 3.8) is 0 Å². The highest BCUT2D eigenvalue weighted by Crippen LogP contribution is 2.44. The van der Waals surface area contributed by atoms with E-state index in [1.807, 2.05) is 0 Å². The lowest BCUT2D eigenvalue weighted by Crippen LogP contribution is -2.51. The third-order valence-electron chi connectivity index (χ3n) is 5.29. The van der Waals surface area contributed by atoms with Crippen LogP contribution in [0.2, 0.25) is 0 Å². The van der Waals surface area contributed by atoms with Gasteiger partial charge in [-0.3, -0.25) is 4.79 Å². The number of rotatable bonds is 5. The average Bonchev–Trinajstić information content (AvgIpc) is 2.48. The van der Waals surface area contributed by atoms with Crippen LogP contribution in [0.4, 0.5) is 0 Å². The fraction of sp³-hybridized carbons (Fsp3) is 0.941. The van der Waals surface area contributed by atoms with Gasteiger partial charge in [0.1, 0.15) is 6.04 Å². The number of nitrogens with one attached hydrogen (secondary N) is 1. The van der Waals surface area contributed by atoms with E-state index in [0.29, 0.717) is 11.5 Å². The van der Waals surface area contributed by atoms with Crippen LogP contribution in [0.1, 0.15) is 58.8 Å². The molecular weight excluding hydrogens is 264 g/mol.